The number of carbonyl (C=O) groups is 2. The Hall–Kier alpha value is -1.84. The van der Waals surface area contributed by atoms with Gasteiger partial charge in [-0.05, 0) is 24.5 Å². The van der Waals surface area contributed by atoms with Crippen molar-refractivity contribution in [3.63, 3.8) is 0 Å². The van der Waals surface area contributed by atoms with E-state index < -0.39 is 11.9 Å². The summed E-state index contributed by atoms with van der Waals surface area (Å²) in [6.07, 6.45) is 17.1. The van der Waals surface area contributed by atoms with Gasteiger partial charge in [0.15, 0.2) is 0 Å². The van der Waals surface area contributed by atoms with Crippen LogP contribution in [0.1, 0.15) is 117 Å². The van der Waals surface area contributed by atoms with E-state index in [1.54, 1.807) is 12.1 Å². The summed E-state index contributed by atoms with van der Waals surface area (Å²) in [5, 5.41) is 18.5. The van der Waals surface area contributed by atoms with Gasteiger partial charge in [-0.25, -0.2) is 9.59 Å². The van der Waals surface area contributed by atoms with Crippen molar-refractivity contribution in [1.82, 2.24) is 0 Å². The maximum atomic E-state index is 11.4. The molecule has 0 spiro atoms. The van der Waals surface area contributed by atoms with Crippen LogP contribution < -0.4 is 0 Å². The molecule has 1 aromatic carbocycles. The Labute approximate surface area is 164 Å². The molecule has 0 fully saturated rings. The third-order valence-electron chi connectivity index (χ3n) is 5.14. The molecule has 2 N–H and O–H groups in total. The second-order valence-corrected chi connectivity index (χ2v) is 7.44. The van der Waals surface area contributed by atoms with E-state index in [4.69, 9.17) is 5.11 Å². The second kappa shape index (κ2) is 14.2. The molecule has 152 valence electrons. The van der Waals surface area contributed by atoms with Crippen molar-refractivity contribution in [2.45, 2.75) is 96.8 Å². The van der Waals surface area contributed by atoms with Gasteiger partial charge in [-0.1, -0.05) is 96.1 Å². The molecule has 4 nitrogen and oxygen atoms in total. The van der Waals surface area contributed by atoms with Gasteiger partial charge in [0.25, 0.3) is 0 Å². The normalized spacial score (nSPS) is 10.9. The van der Waals surface area contributed by atoms with Crippen molar-refractivity contribution in [3.8, 4) is 0 Å². The zero-order chi connectivity index (χ0) is 19.9. The first-order valence-electron chi connectivity index (χ1n) is 10.7. The monoisotopic (exact) mass is 376 g/mol. The van der Waals surface area contributed by atoms with Crippen LogP contribution in [-0.4, -0.2) is 22.2 Å². The predicted molar refractivity (Wildman–Crippen MR) is 110 cm³/mol. The maximum Gasteiger partial charge on any atom is 0.336 e. The summed E-state index contributed by atoms with van der Waals surface area (Å²) in [5.74, 6) is -2.34. The van der Waals surface area contributed by atoms with E-state index in [1.165, 1.54) is 70.3 Å². The summed E-state index contributed by atoms with van der Waals surface area (Å²) in [4.78, 5) is 22.6. The van der Waals surface area contributed by atoms with Gasteiger partial charge in [-0.2, -0.15) is 0 Å². The van der Waals surface area contributed by atoms with Gasteiger partial charge in [-0.3, -0.25) is 0 Å². The first-order chi connectivity index (χ1) is 13.1. The van der Waals surface area contributed by atoms with E-state index in [9.17, 15) is 14.7 Å². The number of carboxylic acid groups (broad SMARTS) is 2. The largest absolute Gasteiger partial charge is 0.478 e. The first-order valence-corrected chi connectivity index (χ1v) is 10.7. The molecule has 0 amide bonds. The van der Waals surface area contributed by atoms with E-state index in [1.807, 2.05) is 0 Å². The molecule has 0 atom stereocenters. The van der Waals surface area contributed by atoms with Crippen LogP contribution in [0.3, 0.4) is 0 Å². The van der Waals surface area contributed by atoms with Gasteiger partial charge in [-0.15, -0.1) is 0 Å². The Bertz CT molecular complexity index is 565. The number of unbranched alkanes of at least 4 members (excludes halogenated alkanes) is 12. The summed E-state index contributed by atoms with van der Waals surface area (Å²) in [5.41, 5.74) is 0.462. The lowest BCUT2D eigenvalue weighted by atomic mass is 9.96. The van der Waals surface area contributed by atoms with E-state index in [-0.39, 0.29) is 11.1 Å². The maximum absolute atomic E-state index is 11.4. The smallest absolute Gasteiger partial charge is 0.336 e. The molecule has 0 bridgehead atoms. The fraction of sp³-hybridized carbons (Fsp3) is 0.652. The Balaban J connectivity index is 2.15. The quantitative estimate of drug-likeness (QED) is 0.314. The minimum absolute atomic E-state index is 0.0519. The molecule has 0 aliphatic rings. The van der Waals surface area contributed by atoms with Crippen molar-refractivity contribution in [1.29, 1.82) is 0 Å². The SMILES string of the molecule is CCCCCCCCCCCCCCCc1cccc(C(=O)O)c1C(=O)O. The predicted octanol–water partition coefficient (Wildman–Crippen LogP) is 6.72. The zero-order valence-corrected chi connectivity index (χ0v) is 16.8. The number of aromatic carboxylic acids is 2. The topological polar surface area (TPSA) is 74.6 Å². The summed E-state index contributed by atoms with van der Waals surface area (Å²) < 4.78 is 0. The number of hydrogen-bond acceptors (Lipinski definition) is 2. The summed E-state index contributed by atoms with van der Waals surface area (Å²) in [6.45, 7) is 2.25. The molecular formula is C23H36O4. The van der Waals surface area contributed by atoms with Crippen LogP contribution in [0, 0.1) is 0 Å². The Morgan fingerprint density at radius 2 is 1.19 bits per heavy atom. The molecule has 0 radical (unpaired) electrons. The molecule has 4 heteroatoms. The molecule has 0 aromatic heterocycles. The van der Waals surface area contributed by atoms with Gasteiger partial charge < -0.3 is 10.2 Å². The summed E-state index contributed by atoms with van der Waals surface area (Å²) in [7, 11) is 0. The average molecular weight is 377 g/mol. The molecular weight excluding hydrogens is 340 g/mol. The third-order valence-corrected chi connectivity index (χ3v) is 5.14. The third kappa shape index (κ3) is 9.60. The summed E-state index contributed by atoms with van der Waals surface area (Å²) in [6, 6.07) is 4.73. The highest BCUT2D eigenvalue weighted by Crippen LogP contribution is 2.19. The van der Waals surface area contributed by atoms with Crippen LogP contribution in [-0.2, 0) is 6.42 Å². The first kappa shape index (κ1) is 23.2. The van der Waals surface area contributed by atoms with E-state index >= 15 is 0 Å². The van der Waals surface area contributed by atoms with Gasteiger partial charge in [0.05, 0.1) is 11.1 Å². The minimum atomic E-state index is -1.18. The lowest BCUT2D eigenvalue weighted by Crippen LogP contribution is -2.11. The van der Waals surface area contributed by atoms with E-state index in [0.29, 0.717) is 12.0 Å². The van der Waals surface area contributed by atoms with Crippen LogP contribution in [0.25, 0.3) is 0 Å². The van der Waals surface area contributed by atoms with Crippen molar-refractivity contribution < 1.29 is 19.8 Å². The molecule has 1 aromatic rings. The van der Waals surface area contributed by atoms with E-state index in [0.717, 1.165) is 19.3 Å². The van der Waals surface area contributed by atoms with Crippen LogP contribution >= 0.6 is 0 Å². The molecule has 0 unspecified atom stereocenters. The second-order valence-electron chi connectivity index (χ2n) is 7.44. The Morgan fingerprint density at radius 3 is 1.63 bits per heavy atom. The number of hydrogen-bond donors (Lipinski definition) is 2. The van der Waals surface area contributed by atoms with E-state index in [2.05, 4.69) is 6.92 Å². The highest BCUT2D eigenvalue weighted by atomic mass is 16.4. The molecule has 0 heterocycles. The Morgan fingerprint density at radius 1 is 0.704 bits per heavy atom. The van der Waals surface area contributed by atoms with Crippen molar-refractivity contribution in [3.05, 3.63) is 34.9 Å². The molecule has 0 aliphatic carbocycles. The van der Waals surface area contributed by atoms with Crippen LogP contribution in [0.4, 0.5) is 0 Å². The van der Waals surface area contributed by atoms with Crippen LogP contribution in [0.5, 0.6) is 0 Å². The fourth-order valence-electron chi connectivity index (χ4n) is 3.57. The highest BCUT2D eigenvalue weighted by Gasteiger charge is 2.19. The molecule has 0 saturated carbocycles. The fourth-order valence-corrected chi connectivity index (χ4v) is 3.57. The van der Waals surface area contributed by atoms with Crippen molar-refractivity contribution in [2.75, 3.05) is 0 Å². The number of rotatable bonds is 16. The van der Waals surface area contributed by atoms with Crippen molar-refractivity contribution >= 4 is 11.9 Å². The number of carboxylic acids is 2. The van der Waals surface area contributed by atoms with Crippen LogP contribution in [0.2, 0.25) is 0 Å². The van der Waals surface area contributed by atoms with Gasteiger partial charge in [0.2, 0.25) is 0 Å². The molecule has 1 rings (SSSR count). The van der Waals surface area contributed by atoms with Gasteiger partial charge in [0, 0.05) is 0 Å². The van der Waals surface area contributed by atoms with Gasteiger partial charge >= 0.3 is 11.9 Å². The number of aryl methyl sites for hydroxylation is 1. The molecule has 27 heavy (non-hydrogen) atoms. The highest BCUT2D eigenvalue weighted by molar-refractivity contribution is 6.02. The average Bonchev–Trinajstić information content (AvgIpc) is 2.65. The van der Waals surface area contributed by atoms with Crippen molar-refractivity contribution in [2.24, 2.45) is 0 Å². The lowest BCUT2D eigenvalue weighted by Gasteiger charge is -2.09. The zero-order valence-electron chi connectivity index (χ0n) is 16.8. The number of benzene rings is 1. The lowest BCUT2D eigenvalue weighted by molar-refractivity contribution is 0.0650. The molecule has 0 aliphatic heterocycles. The minimum Gasteiger partial charge on any atom is -0.478 e. The standard InChI is InChI=1S/C23H36O4/c1-2-3-4-5-6-7-8-9-10-11-12-13-14-16-19-17-15-18-20(22(24)25)21(19)23(26)27/h15,17-18H,2-14,16H2,1H3,(H,24,25)(H,26,27). The van der Waals surface area contributed by atoms with Gasteiger partial charge in [0.1, 0.15) is 0 Å². The summed E-state index contributed by atoms with van der Waals surface area (Å²) >= 11 is 0. The Kier molecular flexibility index (Phi) is 12.2. The molecule has 0 saturated heterocycles. The van der Waals surface area contributed by atoms with Crippen LogP contribution in [0.15, 0.2) is 18.2 Å².